The second kappa shape index (κ2) is 3.32. The molecule has 5 nitrogen and oxygen atoms in total. The maximum Gasteiger partial charge on any atom is 0.339 e. The minimum atomic E-state index is -1.97. The van der Waals surface area contributed by atoms with Gasteiger partial charge in [0.15, 0.2) is 5.69 Å². The minimum absolute atomic E-state index is 0.0753. The molecule has 13 heavy (non-hydrogen) atoms. The minimum Gasteiger partial charge on any atom is -0.349 e. The zero-order valence-electron chi connectivity index (χ0n) is 6.25. The number of halogens is 3. The van der Waals surface area contributed by atoms with Crippen molar-refractivity contribution in [3.8, 4) is 0 Å². The SMILES string of the molecule is Cc1noc(C(Cl)(Cl)Cl)c1[N+](=O)[O-]. The smallest absolute Gasteiger partial charge is 0.339 e. The molecule has 0 spiro atoms. The van der Waals surface area contributed by atoms with Crippen molar-refractivity contribution in [2.24, 2.45) is 0 Å². The highest BCUT2D eigenvalue weighted by molar-refractivity contribution is 6.66. The highest BCUT2D eigenvalue weighted by Gasteiger charge is 2.39. The molecule has 0 atom stereocenters. The molecule has 0 radical (unpaired) electrons. The average Bonchev–Trinajstić information content (AvgIpc) is 2.28. The Kier molecular flexibility index (Phi) is 2.70. The molecule has 1 heterocycles. The van der Waals surface area contributed by atoms with E-state index in [0.717, 1.165) is 0 Å². The van der Waals surface area contributed by atoms with Crippen LogP contribution in [0.4, 0.5) is 5.69 Å². The van der Waals surface area contributed by atoms with E-state index in [0.29, 0.717) is 0 Å². The Morgan fingerprint density at radius 2 is 2.08 bits per heavy atom. The lowest BCUT2D eigenvalue weighted by atomic mass is 10.3. The largest absolute Gasteiger partial charge is 0.349 e. The molecular weight excluding hydrogens is 242 g/mol. The number of nitro groups is 1. The van der Waals surface area contributed by atoms with E-state index in [9.17, 15) is 10.1 Å². The molecule has 0 aliphatic heterocycles. The van der Waals surface area contributed by atoms with Crippen molar-refractivity contribution in [2.75, 3.05) is 0 Å². The first-order chi connectivity index (χ1) is 5.84. The van der Waals surface area contributed by atoms with Crippen LogP contribution in [0.15, 0.2) is 4.52 Å². The second-order valence-electron chi connectivity index (χ2n) is 2.20. The fourth-order valence-electron chi connectivity index (χ4n) is 0.766. The first-order valence-corrected chi connectivity index (χ1v) is 4.15. The van der Waals surface area contributed by atoms with E-state index < -0.39 is 14.4 Å². The van der Waals surface area contributed by atoms with Crippen LogP contribution >= 0.6 is 34.8 Å². The lowest BCUT2D eigenvalue weighted by Crippen LogP contribution is -2.02. The second-order valence-corrected chi connectivity index (χ2v) is 4.48. The molecular formula is C5H3Cl3N2O3. The van der Waals surface area contributed by atoms with Gasteiger partial charge in [0.05, 0.1) is 4.92 Å². The Labute approximate surface area is 87.7 Å². The number of aryl methyl sites for hydroxylation is 1. The van der Waals surface area contributed by atoms with Gasteiger partial charge in [-0.1, -0.05) is 40.0 Å². The van der Waals surface area contributed by atoms with Crippen molar-refractivity contribution in [3.63, 3.8) is 0 Å². The number of nitrogens with zero attached hydrogens (tertiary/aromatic N) is 2. The molecule has 0 saturated carbocycles. The molecule has 0 saturated heterocycles. The summed E-state index contributed by atoms with van der Waals surface area (Å²) in [4.78, 5) is 9.77. The van der Waals surface area contributed by atoms with Crippen molar-refractivity contribution in [1.82, 2.24) is 5.16 Å². The molecule has 8 heteroatoms. The van der Waals surface area contributed by atoms with Gasteiger partial charge in [0.2, 0.25) is 0 Å². The standard InChI is InChI=1S/C5H3Cl3N2O3/c1-2-3(10(11)12)4(13-9-2)5(6,7)8/h1H3. The van der Waals surface area contributed by atoms with Gasteiger partial charge in [-0.25, -0.2) is 0 Å². The highest BCUT2D eigenvalue weighted by atomic mass is 35.6. The number of aromatic nitrogens is 1. The quantitative estimate of drug-likeness (QED) is 0.433. The van der Waals surface area contributed by atoms with Crippen LogP contribution in [0.2, 0.25) is 0 Å². The number of alkyl halides is 3. The lowest BCUT2D eigenvalue weighted by molar-refractivity contribution is -0.386. The summed E-state index contributed by atoms with van der Waals surface area (Å²) in [5.74, 6) is -0.375. The first kappa shape index (κ1) is 10.6. The van der Waals surface area contributed by atoms with Gasteiger partial charge in [-0.3, -0.25) is 10.1 Å². The summed E-state index contributed by atoms with van der Waals surface area (Å²) >= 11 is 16.2. The summed E-state index contributed by atoms with van der Waals surface area (Å²) in [6, 6.07) is 0. The van der Waals surface area contributed by atoms with Crippen LogP contribution in [0.1, 0.15) is 11.5 Å². The summed E-state index contributed by atoms with van der Waals surface area (Å²) in [6.07, 6.45) is 0. The maximum atomic E-state index is 10.5. The monoisotopic (exact) mass is 244 g/mol. The Morgan fingerprint density at radius 3 is 2.38 bits per heavy atom. The molecule has 0 aliphatic carbocycles. The van der Waals surface area contributed by atoms with Crippen molar-refractivity contribution in [1.29, 1.82) is 0 Å². The molecule has 0 unspecified atom stereocenters. The molecule has 0 bridgehead atoms. The summed E-state index contributed by atoms with van der Waals surface area (Å²) < 4.78 is 2.57. The van der Waals surface area contributed by atoms with Gasteiger partial charge in [-0.2, -0.15) is 0 Å². The molecule has 72 valence electrons. The van der Waals surface area contributed by atoms with E-state index in [1.807, 2.05) is 0 Å². The van der Waals surface area contributed by atoms with E-state index in [4.69, 9.17) is 34.8 Å². The van der Waals surface area contributed by atoms with Crippen LogP contribution in [0, 0.1) is 17.0 Å². The van der Waals surface area contributed by atoms with E-state index in [1.54, 1.807) is 0 Å². The van der Waals surface area contributed by atoms with Gasteiger partial charge in [0.1, 0.15) is 0 Å². The first-order valence-electron chi connectivity index (χ1n) is 3.02. The van der Waals surface area contributed by atoms with Crippen LogP contribution in [0.5, 0.6) is 0 Å². The maximum absolute atomic E-state index is 10.5. The normalized spacial score (nSPS) is 11.7. The molecule has 1 aromatic heterocycles. The Morgan fingerprint density at radius 1 is 1.54 bits per heavy atom. The van der Waals surface area contributed by atoms with E-state index in [2.05, 4.69) is 9.68 Å². The number of rotatable bonds is 1. The highest BCUT2D eigenvalue weighted by Crippen LogP contribution is 2.43. The zero-order chi connectivity index (χ0) is 10.2. The third kappa shape index (κ3) is 2.04. The summed E-state index contributed by atoms with van der Waals surface area (Å²) in [5.41, 5.74) is -0.327. The average molecular weight is 245 g/mol. The molecule has 0 N–H and O–H groups in total. The van der Waals surface area contributed by atoms with Crippen LogP contribution in [-0.2, 0) is 3.79 Å². The van der Waals surface area contributed by atoms with Crippen LogP contribution in [0.3, 0.4) is 0 Å². The van der Waals surface area contributed by atoms with E-state index in [1.165, 1.54) is 6.92 Å². The molecule has 1 aromatic rings. The van der Waals surface area contributed by atoms with Crippen LogP contribution in [-0.4, -0.2) is 10.1 Å². The summed E-state index contributed by atoms with van der Waals surface area (Å²) in [6.45, 7) is 1.39. The van der Waals surface area contributed by atoms with Gasteiger partial charge >= 0.3 is 5.69 Å². The fourth-order valence-corrected chi connectivity index (χ4v) is 1.14. The number of hydrogen-bond donors (Lipinski definition) is 0. The van der Waals surface area contributed by atoms with Crippen LogP contribution < -0.4 is 0 Å². The number of hydrogen-bond acceptors (Lipinski definition) is 4. The van der Waals surface area contributed by atoms with Gasteiger partial charge in [-0.05, 0) is 6.92 Å². The Hall–Kier alpha value is -0.520. The van der Waals surface area contributed by atoms with Gasteiger partial charge < -0.3 is 4.52 Å². The third-order valence-corrected chi connectivity index (χ3v) is 1.79. The van der Waals surface area contributed by atoms with Crippen LogP contribution in [0.25, 0.3) is 0 Å². The predicted octanol–water partition coefficient (Wildman–Crippen LogP) is 2.72. The Balaban J connectivity index is 3.31. The van der Waals surface area contributed by atoms with Crippen molar-refractivity contribution >= 4 is 40.5 Å². The molecule has 1 rings (SSSR count). The predicted molar refractivity (Wildman–Crippen MR) is 47.1 cm³/mol. The molecule has 0 aliphatic rings. The zero-order valence-corrected chi connectivity index (χ0v) is 8.52. The lowest BCUT2D eigenvalue weighted by Gasteiger charge is -2.03. The van der Waals surface area contributed by atoms with E-state index >= 15 is 0 Å². The Bertz CT molecular complexity index is 343. The van der Waals surface area contributed by atoms with Crippen molar-refractivity contribution in [2.45, 2.75) is 10.7 Å². The fraction of sp³-hybridized carbons (Fsp3) is 0.400. The van der Waals surface area contributed by atoms with Gasteiger partial charge in [0.25, 0.3) is 9.55 Å². The van der Waals surface area contributed by atoms with Gasteiger partial charge in [0, 0.05) is 0 Å². The molecule has 0 aromatic carbocycles. The topological polar surface area (TPSA) is 69.2 Å². The van der Waals surface area contributed by atoms with Crippen molar-refractivity contribution in [3.05, 3.63) is 21.6 Å². The van der Waals surface area contributed by atoms with E-state index in [-0.39, 0.29) is 11.5 Å². The summed E-state index contributed by atoms with van der Waals surface area (Å²) in [5, 5.41) is 13.8. The van der Waals surface area contributed by atoms with Gasteiger partial charge in [-0.15, -0.1) is 0 Å². The molecule has 0 fully saturated rings. The van der Waals surface area contributed by atoms with Crippen molar-refractivity contribution < 1.29 is 9.45 Å². The molecule has 0 amide bonds. The summed E-state index contributed by atoms with van der Waals surface area (Å²) in [7, 11) is 0. The third-order valence-electron chi connectivity index (χ3n) is 1.27.